The van der Waals surface area contributed by atoms with E-state index in [4.69, 9.17) is 0 Å². The van der Waals surface area contributed by atoms with Crippen LogP contribution >= 0.6 is 47.8 Å². The maximum atomic E-state index is 11.9. The molecule has 0 radical (unpaired) electrons. The molecule has 0 aromatic heterocycles. The number of ether oxygens (including phenoxy) is 1. The molecule has 1 aromatic carbocycles. The summed E-state index contributed by atoms with van der Waals surface area (Å²) in [5.41, 5.74) is 2.07. The maximum Gasteiger partial charge on any atom is 0.411 e. The summed E-state index contributed by atoms with van der Waals surface area (Å²) in [6, 6.07) is 3.91. The average molecular weight is 469 g/mol. The average Bonchev–Trinajstić information content (AvgIpc) is 2.28. The van der Waals surface area contributed by atoms with Crippen molar-refractivity contribution in [1.82, 2.24) is 0 Å². The van der Waals surface area contributed by atoms with E-state index in [9.17, 15) is 13.2 Å². The zero-order chi connectivity index (χ0) is 14.6. The van der Waals surface area contributed by atoms with Crippen LogP contribution in [0.1, 0.15) is 22.4 Å². The summed E-state index contributed by atoms with van der Waals surface area (Å²) in [6.07, 6.45) is -3.81. The van der Waals surface area contributed by atoms with Crippen LogP contribution in [0.4, 0.5) is 13.2 Å². The van der Waals surface area contributed by atoms with Gasteiger partial charge in [-0.1, -0.05) is 47.8 Å². The van der Waals surface area contributed by atoms with Gasteiger partial charge in [0, 0.05) is 20.4 Å². The first-order valence-corrected chi connectivity index (χ1v) is 7.95. The molecule has 0 saturated heterocycles. The Labute approximate surface area is 135 Å². The van der Waals surface area contributed by atoms with E-state index in [0.717, 1.165) is 20.1 Å². The highest BCUT2D eigenvalue weighted by molar-refractivity contribution is 9.11. The lowest BCUT2D eigenvalue weighted by Gasteiger charge is -2.14. The van der Waals surface area contributed by atoms with Crippen LogP contribution in [0.15, 0.2) is 21.1 Å². The molecular formula is C12H12Br3F3O. The van der Waals surface area contributed by atoms with E-state index in [0.29, 0.717) is 6.42 Å². The van der Waals surface area contributed by atoms with Crippen molar-refractivity contribution in [1.29, 1.82) is 0 Å². The van der Waals surface area contributed by atoms with E-state index < -0.39 is 12.8 Å². The summed E-state index contributed by atoms with van der Waals surface area (Å²) in [4.78, 5) is -0.0630. The van der Waals surface area contributed by atoms with Crippen molar-refractivity contribution in [3.8, 4) is 0 Å². The first-order valence-electron chi connectivity index (χ1n) is 5.45. The Balaban J connectivity index is 2.54. The summed E-state index contributed by atoms with van der Waals surface area (Å²) in [5, 5.41) is 0. The first kappa shape index (κ1) is 17.5. The third-order valence-electron chi connectivity index (χ3n) is 2.40. The van der Waals surface area contributed by atoms with Crippen molar-refractivity contribution in [2.75, 3.05) is 13.2 Å². The second-order valence-corrected chi connectivity index (χ2v) is 6.86. The third kappa shape index (κ3) is 6.14. The Bertz CT molecular complexity index is 435. The molecule has 0 heterocycles. The topological polar surface area (TPSA) is 9.23 Å². The van der Waals surface area contributed by atoms with Gasteiger partial charge in [0.05, 0.1) is 0 Å². The van der Waals surface area contributed by atoms with Crippen LogP contribution < -0.4 is 0 Å². The molecule has 0 N–H and O–H groups in total. The summed E-state index contributed by atoms with van der Waals surface area (Å²) in [7, 11) is 0. The largest absolute Gasteiger partial charge is 0.411 e. The van der Waals surface area contributed by atoms with Gasteiger partial charge in [0.1, 0.15) is 6.61 Å². The zero-order valence-electron chi connectivity index (χ0n) is 10.0. The molecule has 1 aromatic rings. The number of aryl methyl sites for hydroxylation is 1. The molecule has 1 nitrogen and oxygen atoms in total. The lowest BCUT2D eigenvalue weighted by molar-refractivity contribution is -0.174. The number of hydrogen-bond donors (Lipinski definition) is 0. The van der Waals surface area contributed by atoms with Gasteiger partial charge >= 0.3 is 6.18 Å². The van der Waals surface area contributed by atoms with Crippen LogP contribution in [-0.2, 0) is 4.74 Å². The van der Waals surface area contributed by atoms with E-state index in [1.165, 1.54) is 0 Å². The number of alkyl halides is 4. The number of benzene rings is 1. The summed E-state index contributed by atoms with van der Waals surface area (Å²) in [6.45, 7) is 0.813. The SMILES string of the molecule is Cc1cc(Br)c(C(Br)CCOCC(F)(F)F)cc1Br. The quantitative estimate of drug-likeness (QED) is 0.385. The minimum atomic E-state index is -4.27. The van der Waals surface area contributed by atoms with Gasteiger partial charge in [-0.2, -0.15) is 13.2 Å². The van der Waals surface area contributed by atoms with Crippen LogP contribution in [0.25, 0.3) is 0 Å². The first-order chi connectivity index (χ1) is 8.70. The fraction of sp³-hybridized carbons (Fsp3) is 0.500. The van der Waals surface area contributed by atoms with Crippen molar-refractivity contribution >= 4 is 47.8 Å². The predicted octanol–water partition coefficient (Wildman–Crippen LogP) is 5.93. The van der Waals surface area contributed by atoms with Gasteiger partial charge in [-0.25, -0.2) is 0 Å². The van der Waals surface area contributed by atoms with Gasteiger partial charge in [-0.15, -0.1) is 0 Å². The number of halogens is 6. The molecule has 0 bridgehead atoms. The Kier molecular flexibility index (Phi) is 6.83. The van der Waals surface area contributed by atoms with E-state index >= 15 is 0 Å². The molecular weight excluding hydrogens is 457 g/mol. The van der Waals surface area contributed by atoms with Gasteiger partial charge < -0.3 is 4.74 Å². The molecule has 1 rings (SSSR count). The van der Waals surface area contributed by atoms with Crippen molar-refractivity contribution in [2.45, 2.75) is 24.3 Å². The second-order valence-electron chi connectivity index (χ2n) is 4.05. The van der Waals surface area contributed by atoms with Crippen molar-refractivity contribution in [3.05, 3.63) is 32.2 Å². The molecule has 0 aliphatic rings. The molecule has 7 heteroatoms. The molecule has 0 saturated carbocycles. The zero-order valence-corrected chi connectivity index (χ0v) is 14.8. The summed E-state index contributed by atoms with van der Waals surface area (Å²) >= 11 is 10.3. The van der Waals surface area contributed by atoms with E-state index in [1.807, 2.05) is 19.1 Å². The third-order valence-corrected chi connectivity index (χ3v) is 4.89. The van der Waals surface area contributed by atoms with Crippen LogP contribution in [-0.4, -0.2) is 19.4 Å². The van der Waals surface area contributed by atoms with Gasteiger partial charge in [0.15, 0.2) is 0 Å². The smallest absolute Gasteiger partial charge is 0.372 e. The minimum absolute atomic E-state index is 0.0490. The molecule has 0 aliphatic carbocycles. The Morgan fingerprint density at radius 2 is 1.84 bits per heavy atom. The molecule has 19 heavy (non-hydrogen) atoms. The highest BCUT2D eigenvalue weighted by atomic mass is 79.9. The highest BCUT2D eigenvalue weighted by Crippen LogP contribution is 2.35. The fourth-order valence-electron chi connectivity index (χ4n) is 1.43. The monoisotopic (exact) mass is 466 g/mol. The predicted molar refractivity (Wildman–Crippen MR) is 79.7 cm³/mol. The van der Waals surface area contributed by atoms with E-state index in [1.54, 1.807) is 0 Å². The molecule has 108 valence electrons. The van der Waals surface area contributed by atoms with Crippen molar-refractivity contribution in [2.24, 2.45) is 0 Å². The van der Waals surface area contributed by atoms with Crippen molar-refractivity contribution < 1.29 is 17.9 Å². The van der Waals surface area contributed by atoms with Crippen LogP contribution in [0.2, 0.25) is 0 Å². The maximum absolute atomic E-state index is 11.9. The van der Waals surface area contributed by atoms with Crippen LogP contribution in [0.5, 0.6) is 0 Å². The normalized spacial score (nSPS) is 13.6. The molecule has 1 atom stereocenters. The highest BCUT2D eigenvalue weighted by Gasteiger charge is 2.27. The van der Waals surface area contributed by atoms with E-state index in [2.05, 4.69) is 52.5 Å². The van der Waals surface area contributed by atoms with Crippen LogP contribution in [0, 0.1) is 6.92 Å². The van der Waals surface area contributed by atoms with Crippen molar-refractivity contribution in [3.63, 3.8) is 0 Å². The Morgan fingerprint density at radius 1 is 1.21 bits per heavy atom. The number of hydrogen-bond acceptors (Lipinski definition) is 1. The Morgan fingerprint density at radius 3 is 2.42 bits per heavy atom. The van der Waals surface area contributed by atoms with Crippen LogP contribution in [0.3, 0.4) is 0 Å². The second kappa shape index (κ2) is 7.43. The van der Waals surface area contributed by atoms with Gasteiger partial charge in [0.2, 0.25) is 0 Å². The standard InChI is InChI=1S/C12H12Br3F3O/c1-7-4-11(15)8(5-10(7)14)9(13)2-3-19-6-12(16,17)18/h4-5,9H,2-3,6H2,1H3. The molecule has 1 unspecified atom stereocenters. The number of rotatable bonds is 5. The summed E-state index contributed by atoms with van der Waals surface area (Å²) < 4.78 is 42.2. The lowest BCUT2D eigenvalue weighted by atomic mass is 10.1. The molecule has 0 amide bonds. The Hall–Kier alpha value is 0.410. The molecule has 0 fully saturated rings. The molecule has 0 spiro atoms. The van der Waals surface area contributed by atoms with E-state index in [-0.39, 0.29) is 11.4 Å². The lowest BCUT2D eigenvalue weighted by Crippen LogP contribution is -2.17. The van der Waals surface area contributed by atoms with Gasteiger partial charge in [0.25, 0.3) is 0 Å². The fourth-order valence-corrected chi connectivity index (χ4v) is 3.40. The minimum Gasteiger partial charge on any atom is -0.372 e. The van der Waals surface area contributed by atoms with Gasteiger partial charge in [-0.3, -0.25) is 0 Å². The van der Waals surface area contributed by atoms with Gasteiger partial charge in [-0.05, 0) is 36.6 Å². The summed E-state index contributed by atoms with van der Waals surface area (Å²) in [5.74, 6) is 0. The molecule has 0 aliphatic heterocycles.